The fourth-order valence-corrected chi connectivity index (χ4v) is 2.69. The lowest BCUT2D eigenvalue weighted by molar-refractivity contribution is 0.0172. The van der Waals surface area contributed by atoms with Gasteiger partial charge in [0.05, 0.1) is 11.1 Å². The molecule has 1 fully saturated rings. The molecule has 1 aromatic rings. The molecule has 1 saturated heterocycles. The molecule has 2 N–H and O–H groups in total. The average molecular weight is 274 g/mol. The Morgan fingerprint density at radius 3 is 2.60 bits per heavy atom. The van der Waals surface area contributed by atoms with Gasteiger partial charge in [-0.05, 0) is 32.3 Å². The lowest BCUT2D eigenvalue weighted by Crippen LogP contribution is -2.36. The fourth-order valence-electron chi connectivity index (χ4n) is 2.69. The summed E-state index contributed by atoms with van der Waals surface area (Å²) in [4.78, 5) is 4.92. The van der Waals surface area contributed by atoms with E-state index >= 15 is 0 Å². The molecule has 3 heteroatoms. The van der Waals surface area contributed by atoms with Crippen molar-refractivity contribution in [2.75, 3.05) is 13.1 Å². The highest BCUT2D eigenvalue weighted by Crippen LogP contribution is 2.28. The van der Waals surface area contributed by atoms with Gasteiger partial charge < -0.3 is 10.4 Å². The van der Waals surface area contributed by atoms with Crippen LogP contribution in [0.4, 0.5) is 0 Å². The lowest BCUT2D eigenvalue weighted by Gasteiger charge is -2.29. The molecule has 2 rings (SSSR count). The van der Waals surface area contributed by atoms with Crippen molar-refractivity contribution in [3.05, 3.63) is 35.9 Å². The van der Waals surface area contributed by atoms with Crippen molar-refractivity contribution in [1.82, 2.24) is 5.32 Å². The van der Waals surface area contributed by atoms with E-state index in [1.165, 1.54) is 5.56 Å². The van der Waals surface area contributed by atoms with Gasteiger partial charge in [0.25, 0.3) is 0 Å². The summed E-state index contributed by atoms with van der Waals surface area (Å²) in [7, 11) is 0. The number of nitrogens with one attached hydrogen (secondary N) is 1. The lowest BCUT2D eigenvalue weighted by atomic mass is 9.86. The zero-order chi connectivity index (χ0) is 14.8. The molecule has 2 atom stereocenters. The van der Waals surface area contributed by atoms with Crippen molar-refractivity contribution in [2.24, 2.45) is 10.9 Å². The van der Waals surface area contributed by atoms with Crippen LogP contribution in [0.15, 0.2) is 35.3 Å². The number of rotatable bonds is 2. The molecule has 110 valence electrons. The van der Waals surface area contributed by atoms with Gasteiger partial charge >= 0.3 is 0 Å². The van der Waals surface area contributed by atoms with E-state index in [0.29, 0.717) is 6.42 Å². The van der Waals surface area contributed by atoms with Crippen molar-refractivity contribution in [3.63, 3.8) is 0 Å². The quantitative estimate of drug-likeness (QED) is 0.871. The first-order chi connectivity index (χ1) is 9.31. The van der Waals surface area contributed by atoms with Crippen LogP contribution in [-0.4, -0.2) is 29.5 Å². The van der Waals surface area contributed by atoms with Gasteiger partial charge in [-0.3, -0.25) is 4.99 Å². The number of aliphatic hydroxyl groups is 1. The van der Waals surface area contributed by atoms with Crippen LogP contribution in [0.3, 0.4) is 0 Å². The fraction of sp³-hybridized carbons (Fsp3) is 0.588. The molecular weight excluding hydrogens is 248 g/mol. The largest absolute Gasteiger partial charge is 0.389 e. The van der Waals surface area contributed by atoms with Crippen molar-refractivity contribution in [2.45, 2.75) is 45.3 Å². The molecule has 1 aromatic carbocycles. The zero-order valence-electron chi connectivity index (χ0n) is 13.0. The second-order valence-corrected chi connectivity index (χ2v) is 6.67. The van der Waals surface area contributed by atoms with Gasteiger partial charge in [0.2, 0.25) is 0 Å². The van der Waals surface area contributed by atoms with E-state index in [1.54, 1.807) is 0 Å². The summed E-state index contributed by atoms with van der Waals surface area (Å²) in [6, 6.07) is 10.3. The maximum Gasteiger partial charge on any atom is 0.0800 e. The van der Waals surface area contributed by atoms with E-state index in [-0.39, 0.29) is 11.5 Å². The highest BCUT2D eigenvalue weighted by Gasteiger charge is 2.33. The second-order valence-electron chi connectivity index (χ2n) is 6.67. The van der Waals surface area contributed by atoms with Gasteiger partial charge in [-0.2, -0.15) is 0 Å². The Morgan fingerprint density at radius 2 is 1.95 bits per heavy atom. The maximum absolute atomic E-state index is 10.5. The minimum Gasteiger partial charge on any atom is -0.389 e. The predicted molar refractivity (Wildman–Crippen MR) is 84.2 cm³/mol. The Kier molecular flexibility index (Phi) is 4.31. The molecule has 0 spiro atoms. The minimum atomic E-state index is -0.685. The molecule has 1 heterocycles. The van der Waals surface area contributed by atoms with Crippen molar-refractivity contribution < 1.29 is 5.11 Å². The number of aliphatic imine (C=N–C) groups is 1. The molecule has 0 aromatic heterocycles. The van der Waals surface area contributed by atoms with Crippen molar-refractivity contribution in [3.8, 4) is 0 Å². The SMILES string of the molecule is CC1CNC/C(=N\C(C)(C)c2ccccc2)CC1(C)O. The topological polar surface area (TPSA) is 44.6 Å². The van der Waals surface area contributed by atoms with Crippen LogP contribution in [0, 0.1) is 5.92 Å². The monoisotopic (exact) mass is 274 g/mol. The second kappa shape index (κ2) is 5.66. The van der Waals surface area contributed by atoms with E-state index in [1.807, 2.05) is 25.1 Å². The molecule has 1 aliphatic rings. The van der Waals surface area contributed by atoms with Crippen molar-refractivity contribution in [1.29, 1.82) is 0 Å². The van der Waals surface area contributed by atoms with Gasteiger partial charge in [0.1, 0.15) is 0 Å². The van der Waals surface area contributed by atoms with Crippen LogP contribution in [0.1, 0.15) is 39.7 Å². The van der Waals surface area contributed by atoms with Crippen LogP contribution >= 0.6 is 0 Å². The standard InChI is InChI=1S/C17H26N2O/c1-13-11-18-12-15(10-17(13,4)20)19-16(2,3)14-8-6-5-7-9-14/h5-9,13,18,20H,10-12H2,1-4H3/b19-15-. The third kappa shape index (κ3) is 3.47. The van der Waals surface area contributed by atoms with Crippen LogP contribution in [0.2, 0.25) is 0 Å². The van der Waals surface area contributed by atoms with E-state index in [0.717, 1.165) is 18.8 Å². The average Bonchev–Trinajstić information content (AvgIpc) is 2.49. The first kappa shape index (κ1) is 15.2. The van der Waals surface area contributed by atoms with Crippen LogP contribution in [0.25, 0.3) is 0 Å². The van der Waals surface area contributed by atoms with Gasteiger partial charge in [-0.1, -0.05) is 37.3 Å². The Hall–Kier alpha value is -1.19. The van der Waals surface area contributed by atoms with Crippen LogP contribution < -0.4 is 5.32 Å². The third-order valence-electron chi connectivity index (χ3n) is 4.32. The van der Waals surface area contributed by atoms with E-state index < -0.39 is 5.60 Å². The Morgan fingerprint density at radius 1 is 1.30 bits per heavy atom. The predicted octanol–water partition coefficient (Wildman–Crippen LogP) is 2.74. The summed E-state index contributed by atoms with van der Waals surface area (Å²) in [5, 5.41) is 13.9. The molecular formula is C17H26N2O. The zero-order valence-corrected chi connectivity index (χ0v) is 13.0. The van der Waals surface area contributed by atoms with E-state index in [2.05, 4.69) is 38.2 Å². The molecule has 0 bridgehead atoms. The molecule has 20 heavy (non-hydrogen) atoms. The Bertz CT molecular complexity index is 477. The number of nitrogens with zero attached hydrogens (tertiary/aromatic N) is 1. The molecule has 1 aliphatic heterocycles. The van der Waals surface area contributed by atoms with E-state index in [4.69, 9.17) is 4.99 Å². The number of hydrogen-bond donors (Lipinski definition) is 2. The molecule has 0 radical (unpaired) electrons. The van der Waals surface area contributed by atoms with Gasteiger partial charge in [-0.15, -0.1) is 0 Å². The normalized spacial score (nSPS) is 30.2. The summed E-state index contributed by atoms with van der Waals surface area (Å²) in [6.45, 7) is 9.83. The van der Waals surface area contributed by atoms with Crippen molar-refractivity contribution >= 4 is 5.71 Å². The highest BCUT2D eigenvalue weighted by molar-refractivity contribution is 5.88. The summed E-state index contributed by atoms with van der Waals surface area (Å²) in [5.74, 6) is 0.232. The maximum atomic E-state index is 10.5. The summed E-state index contributed by atoms with van der Waals surface area (Å²) >= 11 is 0. The van der Waals surface area contributed by atoms with Gasteiger partial charge in [0, 0.05) is 25.2 Å². The molecule has 2 unspecified atom stereocenters. The molecule has 3 nitrogen and oxygen atoms in total. The van der Waals surface area contributed by atoms with Crippen LogP contribution in [-0.2, 0) is 5.54 Å². The Balaban J connectivity index is 2.25. The number of benzene rings is 1. The highest BCUT2D eigenvalue weighted by atomic mass is 16.3. The smallest absolute Gasteiger partial charge is 0.0800 e. The Labute approximate surface area is 122 Å². The first-order valence-corrected chi connectivity index (χ1v) is 7.37. The van der Waals surface area contributed by atoms with Crippen LogP contribution in [0.5, 0.6) is 0 Å². The van der Waals surface area contributed by atoms with Gasteiger partial charge in [-0.25, -0.2) is 0 Å². The van der Waals surface area contributed by atoms with E-state index in [9.17, 15) is 5.11 Å². The van der Waals surface area contributed by atoms with Gasteiger partial charge in [0.15, 0.2) is 0 Å². The minimum absolute atomic E-state index is 0.232. The third-order valence-corrected chi connectivity index (χ3v) is 4.32. The summed E-state index contributed by atoms with van der Waals surface area (Å²) in [5.41, 5.74) is 1.30. The number of hydrogen-bond acceptors (Lipinski definition) is 3. The first-order valence-electron chi connectivity index (χ1n) is 7.37. The molecule has 0 amide bonds. The molecule has 0 saturated carbocycles. The molecule has 0 aliphatic carbocycles. The summed E-state index contributed by atoms with van der Waals surface area (Å²) in [6.07, 6.45) is 0.636. The summed E-state index contributed by atoms with van der Waals surface area (Å²) < 4.78 is 0.